The summed E-state index contributed by atoms with van der Waals surface area (Å²) in [5.74, 6) is 0.705. The van der Waals surface area contributed by atoms with Gasteiger partial charge in [0.2, 0.25) is 0 Å². The molecule has 2 aromatic rings. The molecule has 0 spiro atoms. The number of carbonyl (C=O) groups excluding carboxylic acids is 2. The van der Waals surface area contributed by atoms with Gasteiger partial charge >= 0.3 is 0 Å². The van der Waals surface area contributed by atoms with Crippen molar-refractivity contribution in [2.45, 2.75) is 12.8 Å². The molecule has 0 bridgehead atoms. The number of benzene rings is 2. The number of methoxy groups -OCH3 is 1. The van der Waals surface area contributed by atoms with Crippen LogP contribution in [-0.2, 0) is 0 Å². The van der Waals surface area contributed by atoms with Crippen LogP contribution in [0.25, 0.3) is 0 Å². The van der Waals surface area contributed by atoms with Gasteiger partial charge in [-0.05, 0) is 37.1 Å². The molecule has 24 heavy (non-hydrogen) atoms. The third-order valence-electron chi connectivity index (χ3n) is 4.47. The molecule has 1 aliphatic rings. The monoisotopic (exact) mass is 323 g/mol. The second-order valence-electron chi connectivity index (χ2n) is 6.05. The Balaban J connectivity index is 1.70. The summed E-state index contributed by atoms with van der Waals surface area (Å²) < 4.78 is 5.12. The summed E-state index contributed by atoms with van der Waals surface area (Å²) in [6, 6.07) is 16.4. The van der Waals surface area contributed by atoms with Crippen LogP contribution in [0.4, 0.5) is 0 Å². The van der Waals surface area contributed by atoms with Gasteiger partial charge in [-0.1, -0.05) is 30.3 Å². The van der Waals surface area contributed by atoms with E-state index >= 15 is 0 Å². The molecule has 0 aromatic heterocycles. The van der Waals surface area contributed by atoms with E-state index in [-0.39, 0.29) is 17.6 Å². The van der Waals surface area contributed by atoms with Crippen LogP contribution in [0.3, 0.4) is 0 Å². The maximum Gasteiger partial charge on any atom is 0.253 e. The minimum Gasteiger partial charge on any atom is -0.497 e. The van der Waals surface area contributed by atoms with E-state index in [4.69, 9.17) is 4.74 Å². The number of carbonyl (C=O) groups is 2. The van der Waals surface area contributed by atoms with Gasteiger partial charge < -0.3 is 9.64 Å². The number of ketones is 1. The van der Waals surface area contributed by atoms with E-state index in [2.05, 4.69) is 0 Å². The lowest BCUT2D eigenvalue weighted by Crippen LogP contribution is -2.42. The zero-order valence-corrected chi connectivity index (χ0v) is 13.8. The molecule has 1 heterocycles. The summed E-state index contributed by atoms with van der Waals surface area (Å²) in [4.78, 5) is 27.1. The third-order valence-corrected chi connectivity index (χ3v) is 4.47. The van der Waals surface area contributed by atoms with Crippen LogP contribution in [0.2, 0.25) is 0 Å². The average molecular weight is 323 g/mol. The Labute approximate surface area is 142 Å². The molecule has 124 valence electrons. The number of amides is 1. The van der Waals surface area contributed by atoms with Gasteiger partial charge in [-0.2, -0.15) is 0 Å². The minimum atomic E-state index is -0.122. The normalized spacial score (nSPS) is 17.4. The quantitative estimate of drug-likeness (QED) is 0.810. The first kappa shape index (κ1) is 16.2. The molecule has 1 aliphatic heterocycles. The molecule has 1 fully saturated rings. The van der Waals surface area contributed by atoms with E-state index in [1.54, 1.807) is 36.3 Å². The Kier molecular flexibility index (Phi) is 4.94. The second-order valence-corrected chi connectivity index (χ2v) is 6.05. The molecule has 1 saturated heterocycles. The molecule has 0 radical (unpaired) electrons. The SMILES string of the molecule is COc1ccc(C(=O)N2CCCC(C(=O)c3ccccc3)C2)cc1. The van der Waals surface area contributed by atoms with E-state index in [1.807, 2.05) is 30.3 Å². The third kappa shape index (κ3) is 3.48. The Morgan fingerprint density at radius 1 is 1.00 bits per heavy atom. The lowest BCUT2D eigenvalue weighted by Gasteiger charge is -2.32. The second kappa shape index (κ2) is 7.30. The van der Waals surface area contributed by atoms with Crippen molar-refractivity contribution in [3.05, 3.63) is 65.7 Å². The summed E-state index contributed by atoms with van der Waals surface area (Å²) in [5.41, 5.74) is 1.35. The van der Waals surface area contributed by atoms with Crippen molar-refractivity contribution < 1.29 is 14.3 Å². The molecule has 1 amide bonds. The zero-order valence-electron chi connectivity index (χ0n) is 13.8. The lowest BCUT2D eigenvalue weighted by atomic mass is 9.89. The Hall–Kier alpha value is -2.62. The molecule has 0 N–H and O–H groups in total. The van der Waals surface area contributed by atoms with Crippen LogP contribution in [0.15, 0.2) is 54.6 Å². The molecular formula is C20H21NO3. The largest absolute Gasteiger partial charge is 0.497 e. The zero-order chi connectivity index (χ0) is 16.9. The standard InChI is InChI=1S/C20H21NO3/c1-24-18-11-9-16(10-12-18)20(23)21-13-5-8-17(14-21)19(22)15-6-3-2-4-7-15/h2-4,6-7,9-12,17H,5,8,13-14H2,1H3. The van der Waals surface area contributed by atoms with E-state index in [0.717, 1.165) is 24.2 Å². The fourth-order valence-electron chi connectivity index (χ4n) is 3.13. The highest BCUT2D eigenvalue weighted by molar-refractivity contribution is 5.99. The average Bonchev–Trinajstić information content (AvgIpc) is 2.67. The molecule has 0 aliphatic carbocycles. The van der Waals surface area contributed by atoms with Gasteiger partial charge in [0.1, 0.15) is 5.75 Å². The van der Waals surface area contributed by atoms with Crippen LogP contribution in [0, 0.1) is 5.92 Å². The predicted molar refractivity (Wildman–Crippen MR) is 92.4 cm³/mol. The molecule has 1 atom stereocenters. The van der Waals surface area contributed by atoms with Crippen molar-refractivity contribution in [2.75, 3.05) is 20.2 Å². The number of ether oxygens (including phenoxy) is 1. The van der Waals surface area contributed by atoms with Crippen molar-refractivity contribution in [1.82, 2.24) is 4.90 Å². The van der Waals surface area contributed by atoms with Gasteiger partial charge in [-0.15, -0.1) is 0 Å². The van der Waals surface area contributed by atoms with E-state index in [0.29, 0.717) is 18.7 Å². The fraction of sp³-hybridized carbons (Fsp3) is 0.300. The molecule has 1 unspecified atom stereocenters. The summed E-state index contributed by atoms with van der Waals surface area (Å²) in [6.45, 7) is 1.18. The Morgan fingerprint density at radius 2 is 1.71 bits per heavy atom. The highest BCUT2D eigenvalue weighted by Crippen LogP contribution is 2.23. The van der Waals surface area contributed by atoms with Crippen LogP contribution in [0.5, 0.6) is 5.75 Å². The first-order valence-corrected chi connectivity index (χ1v) is 8.21. The summed E-state index contributed by atoms with van der Waals surface area (Å²) in [7, 11) is 1.60. The lowest BCUT2D eigenvalue weighted by molar-refractivity contribution is 0.0637. The first-order valence-electron chi connectivity index (χ1n) is 8.21. The van der Waals surface area contributed by atoms with Gasteiger partial charge in [0.05, 0.1) is 7.11 Å². The molecule has 4 nitrogen and oxygen atoms in total. The summed E-state index contributed by atoms with van der Waals surface area (Å²) in [6.07, 6.45) is 1.69. The Morgan fingerprint density at radius 3 is 2.38 bits per heavy atom. The number of hydrogen-bond acceptors (Lipinski definition) is 3. The van der Waals surface area contributed by atoms with E-state index < -0.39 is 0 Å². The minimum absolute atomic E-state index is 0.0248. The molecule has 3 rings (SSSR count). The number of hydrogen-bond donors (Lipinski definition) is 0. The van der Waals surface area contributed by atoms with Crippen LogP contribution in [-0.4, -0.2) is 36.8 Å². The van der Waals surface area contributed by atoms with Crippen LogP contribution < -0.4 is 4.74 Å². The van der Waals surface area contributed by atoms with E-state index in [9.17, 15) is 9.59 Å². The van der Waals surface area contributed by atoms with Crippen LogP contribution >= 0.6 is 0 Å². The molecule has 2 aromatic carbocycles. The first-order chi connectivity index (χ1) is 11.7. The summed E-state index contributed by atoms with van der Waals surface area (Å²) in [5, 5.41) is 0. The van der Waals surface area contributed by atoms with Gasteiger partial charge in [0, 0.05) is 30.1 Å². The number of likely N-dealkylation sites (tertiary alicyclic amines) is 1. The topological polar surface area (TPSA) is 46.6 Å². The van der Waals surface area contributed by atoms with E-state index in [1.165, 1.54) is 0 Å². The van der Waals surface area contributed by atoms with Crippen molar-refractivity contribution in [3.8, 4) is 5.75 Å². The summed E-state index contributed by atoms with van der Waals surface area (Å²) >= 11 is 0. The maximum absolute atomic E-state index is 12.7. The predicted octanol–water partition coefficient (Wildman–Crippen LogP) is 3.43. The van der Waals surface area contributed by atoms with Crippen molar-refractivity contribution in [3.63, 3.8) is 0 Å². The van der Waals surface area contributed by atoms with Crippen LogP contribution in [0.1, 0.15) is 33.6 Å². The van der Waals surface area contributed by atoms with Crippen molar-refractivity contribution in [2.24, 2.45) is 5.92 Å². The number of piperidine rings is 1. The van der Waals surface area contributed by atoms with Gasteiger partial charge in [0.15, 0.2) is 5.78 Å². The van der Waals surface area contributed by atoms with Gasteiger partial charge in [-0.25, -0.2) is 0 Å². The number of nitrogens with zero attached hydrogens (tertiary/aromatic N) is 1. The van der Waals surface area contributed by atoms with Crippen molar-refractivity contribution >= 4 is 11.7 Å². The maximum atomic E-state index is 12.7. The van der Waals surface area contributed by atoms with Gasteiger partial charge in [-0.3, -0.25) is 9.59 Å². The number of rotatable bonds is 4. The highest BCUT2D eigenvalue weighted by atomic mass is 16.5. The smallest absolute Gasteiger partial charge is 0.253 e. The molecule has 0 saturated carbocycles. The molecular weight excluding hydrogens is 302 g/mol. The highest BCUT2D eigenvalue weighted by Gasteiger charge is 2.29. The fourth-order valence-corrected chi connectivity index (χ4v) is 3.13. The van der Waals surface area contributed by atoms with Gasteiger partial charge in [0.25, 0.3) is 5.91 Å². The van der Waals surface area contributed by atoms with Crippen molar-refractivity contribution in [1.29, 1.82) is 0 Å². The molecule has 4 heteroatoms. The number of Topliss-reactive ketones (excluding diaryl/α,β-unsaturated/α-hetero) is 1. The Bertz CT molecular complexity index is 709.